The smallest absolute Gasteiger partial charge is 0.312 e. The second kappa shape index (κ2) is 5.01. The van der Waals surface area contributed by atoms with E-state index in [1.165, 1.54) is 12.3 Å². The zero-order valence-electron chi connectivity index (χ0n) is 9.50. The quantitative estimate of drug-likeness (QED) is 0.676. The highest BCUT2D eigenvalue weighted by atomic mass is 35.5. The normalized spacial score (nSPS) is 10.3. The van der Waals surface area contributed by atoms with Crippen LogP contribution in [0.2, 0.25) is 5.02 Å². The zero-order valence-corrected chi connectivity index (χ0v) is 10.3. The number of hydrogen-bond acceptors (Lipinski definition) is 5. The van der Waals surface area contributed by atoms with Crippen molar-refractivity contribution >= 4 is 23.1 Å². The molecule has 7 nitrogen and oxygen atoms in total. The van der Waals surface area contributed by atoms with E-state index in [4.69, 9.17) is 11.6 Å². The minimum absolute atomic E-state index is 0.154. The summed E-state index contributed by atoms with van der Waals surface area (Å²) in [4.78, 5) is 14.2. The molecule has 2 aromatic rings. The number of aromatic nitrogens is 3. The van der Waals surface area contributed by atoms with Gasteiger partial charge in [-0.2, -0.15) is 5.10 Å². The highest BCUT2D eigenvalue weighted by Crippen LogP contribution is 2.25. The minimum Gasteiger partial charge on any atom is -0.359 e. The van der Waals surface area contributed by atoms with Crippen molar-refractivity contribution in [2.24, 2.45) is 7.05 Å². The van der Waals surface area contributed by atoms with Crippen molar-refractivity contribution in [1.82, 2.24) is 14.8 Å². The van der Waals surface area contributed by atoms with Crippen molar-refractivity contribution in [3.63, 3.8) is 0 Å². The van der Waals surface area contributed by atoms with E-state index >= 15 is 0 Å². The molecule has 2 aromatic heterocycles. The molecule has 0 aromatic carbocycles. The first kappa shape index (κ1) is 12.3. The zero-order chi connectivity index (χ0) is 13.1. The van der Waals surface area contributed by atoms with Gasteiger partial charge in [-0.3, -0.25) is 14.8 Å². The van der Waals surface area contributed by atoms with E-state index in [9.17, 15) is 10.1 Å². The number of pyridine rings is 1. The van der Waals surface area contributed by atoms with E-state index in [1.54, 1.807) is 17.9 Å². The van der Waals surface area contributed by atoms with Gasteiger partial charge in [-0.1, -0.05) is 11.6 Å². The van der Waals surface area contributed by atoms with Crippen LogP contribution in [0.3, 0.4) is 0 Å². The Morgan fingerprint density at radius 2 is 2.39 bits per heavy atom. The van der Waals surface area contributed by atoms with Crippen molar-refractivity contribution in [3.05, 3.63) is 45.4 Å². The van der Waals surface area contributed by atoms with Gasteiger partial charge in [0.1, 0.15) is 0 Å². The van der Waals surface area contributed by atoms with Gasteiger partial charge >= 0.3 is 5.69 Å². The summed E-state index contributed by atoms with van der Waals surface area (Å²) in [7, 11) is 1.80. The highest BCUT2D eigenvalue weighted by molar-refractivity contribution is 6.30. The molecule has 0 spiro atoms. The summed E-state index contributed by atoms with van der Waals surface area (Å²) in [6.45, 7) is 0.357. The Bertz CT molecular complexity index is 583. The van der Waals surface area contributed by atoms with E-state index in [0.717, 1.165) is 5.69 Å². The molecule has 1 N–H and O–H groups in total. The predicted octanol–water partition coefficient (Wildman–Crippen LogP) is 1.99. The molecular weight excluding hydrogens is 258 g/mol. The van der Waals surface area contributed by atoms with Gasteiger partial charge in [-0.05, 0) is 6.07 Å². The van der Waals surface area contributed by atoms with Gasteiger partial charge in [0.2, 0.25) is 5.82 Å². The van der Waals surface area contributed by atoms with Crippen molar-refractivity contribution < 1.29 is 4.92 Å². The lowest BCUT2D eigenvalue weighted by Gasteiger charge is -2.04. The largest absolute Gasteiger partial charge is 0.359 e. The lowest BCUT2D eigenvalue weighted by molar-refractivity contribution is -0.384. The third-order valence-corrected chi connectivity index (χ3v) is 2.44. The Balaban J connectivity index is 2.16. The van der Waals surface area contributed by atoms with Gasteiger partial charge < -0.3 is 5.32 Å². The van der Waals surface area contributed by atoms with Crippen LogP contribution in [0, 0.1) is 10.1 Å². The Morgan fingerprint density at radius 1 is 1.61 bits per heavy atom. The molecule has 0 aliphatic heterocycles. The van der Waals surface area contributed by atoms with Crippen LogP contribution < -0.4 is 5.32 Å². The Hall–Kier alpha value is -2.15. The minimum atomic E-state index is -0.528. The summed E-state index contributed by atoms with van der Waals surface area (Å²) in [5.74, 6) is 0.176. The average Bonchev–Trinajstić information content (AvgIpc) is 2.73. The van der Waals surface area contributed by atoms with Crippen LogP contribution in [-0.2, 0) is 13.6 Å². The number of nitro groups is 1. The molecule has 0 atom stereocenters. The fraction of sp³-hybridized carbons (Fsp3) is 0.200. The summed E-state index contributed by atoms with van der Waals surface area (Å²) in [5.41, 5.74) is 0.613. The van der Waals surface area contributed by atoms with Crippen molar-refractivity contribution in [3.8, 4) is 0 Å². The highest BCUT2D eigenvalue weighted by Gasteiger charge is 2.15. The van der Waals surface area contributed by atoms with E-state index in [1.807, 2.05) is 6.07 Å². The number of aryl methyl sites for hydroxylation is 1. The van der Waals surface area contributed by atoms with E-state index in [2.05, 4.69) is 15.4 Å². The number of halogens is 1. The molecule has 0 aliphatic carbocycles. The maximum atomic E-state index is 10.8. The number of anilines is 1. The van der Waals surface area contributed by atoms with Gasteiger partial charge in [-0.15, -0.1) is 0 Å². The maximum Gasteiger partial charge on any atom is 0.312 e. The summed E-state index contributed by atoms with van der Waals surface area (Å²) >= 11 is 5.67. The van der Waals surface area contributed by atoms with Gasteiger partial charge in [0.25, 0.3) is 0 Å². The summed E-state index contributed by atoms with van der Waals surface area (Å²) in [6, 6.07) is 3.07. The van der Waals surface area contributed by atoms with Crippen LogP contribution in [0.1, 0.15) is 5.69 Å². The molecule has 0 fully saturated rings. The lowest BCUT2D eigenvalue weighted by atomic mass is 10.3. The molecule has 0 aliphatic rings. The molecule has 2 rings (SSSR count). The van der Waals surface area contributed by atoms with Gasteiger partial charge in [-0.25, -0.2) is 4.98 Å². The fourth-order valence-electron chi connectivity index (χ4n) is 1.44. The standard InChI is InChI=1S/C10H10ClN5O2/c1-15-3-2-8(14-15)6-13-10-9(16(17)18)4-7(11)5-12-10/h2-5H,6H2,1H3,(H,12,13). The molecule has 0 radical (unpaired) electrons. The summed E-state index contributed by atoms with van der Waals surface area (Å²) in [6.07, 6.45) is 3.15. The number of rotatable bonds is 4. The Kier molecular flexibility index (Phi) is 3.42. The van der Waals surface area contributed by atoms with Crippen LogP contribution in [0.5, 0.6) is 0 Å². The maximum absolute atomic E-state index is 10.8. The van der Waals surface area contributed by atoms with E-state index in [-0.39, 0.29) is 16.5 Å². The first-order valence-electron chi connectivity index (χ1n) is 5.08. The third kappa shape index (κ3) is 2.75. The van der Waals surface area contributed by atoms with Gasteiger partial charge in [0.05, 0.1) is 22.2 Å². The number of nitrogens with one attached hydrogen (secondary N) is 1. The van der Waals surface area contributed by atoms with Crippen LogP contribution in [0.15, 0.2) is 24.5 Å². The molecule has 2 heterocycles. The first-order valence-corrected chi connectivity index (χ1v) is 5.46. The molecule has 0 unspecified atom stereocenters. The molecule has 94 valence electrons. The monoisotopic (exact) mass is 267 g/mol. The number of hydrogen-bond donors (Lipinski definition) is 1. The van der Waals surface area contributed by atoms with Gasteiger partial charge in [0, 0.05) is 25.5 Å². The second-order valence-electron chi connectivity index (χ2n) is 3.61. The average molecular weight is 268 g/mol. The van der Waals surface area contributed by atoms with Crippen LogP contribution in [0.4, 0.5) is 11.5 Å². The van der Waals surface area contributed by atoms with Crippen LogP contribution in [-0.4, -0.2) is 19.7 Å². The summed E-state index contributed by atoms with van der Waals surface area (Å²) in [5, 5.41) is 18.1. The predicted molar refractivity (Wildman–Crippen MR) is 66.4 cm³/mol. The molecular formula is C10H10ClN5O2. The summed E-state index contributed by atoms with van der Waals surface area (Å²) < 4.78 is 1.65. The first-order chi connectivity index (χ1) is 8.56. The molecule has 0 saturated heterocycles. The topological polar surface area (TPSA) is 85.9 Å². The third-order valence-electron chi connectivity index (χ3n) is 2.24. The fourth-order valence-corrected chi connectivity index (χ4v) is 1.59. The van der Waals surface area contributed by atoms with Crippen LogP contribution in [0.25, 0.3) is 0 Å². The molecule has 8 heteroatoms. The second-order valence-corrected chi connectivity index (χ2v) is 4.05. The van der Waals surface area contributed by atoms with Gasteiger partial charge in [0.15, 0.2) is 0 Å². The van der Waals surface area contributed by atoms with E-state index in [0.29, 0.717) is 6.54 Å². The van der Waals surface area contributed by atoms with E-state index < -0.39 is 4.92 Å². The van der Waals surface area contributed by atoms with Crippen LogP contribution >= 0.6 is 11.6 Å². The number of nitrogens with zero attached hydrogens (tertiary/aromatic N) is 4. The molecule has 18 heavy (non-hydrogen) atoms. The Labute approximate surface area is 108 Å². The molecule has 0 saturated carbocycles. The van der Waals surface area contributed by atoms with Crippen molar-refractivity contribution in [2.45, 2.75) is 6.54 Å². The van der Waals surface area contributed by atoms with Crippen molar-refractivity contribution in [2.75, 3.05) is 5.32 Å². The molecule has 0 bridgehead atoms. The van der Waals surface area contributed by atoms with Crippen molar-refractivity contribution in [1.29, 1.82) is 0 Å². The Morgan fingerprint density at radius 3 is 3.00 bits per heavy atom. The lowest BCUT2D eigenvalue weighted by Crippen LogP contribution is -2.05. The SMILES string of the molecule is Cn1ccc(CNc2ncc(Cl)cc2[N+](=O)[O-])n1. The molecule has 0 amide bonds.